The van der Waals surface area contributed by atoms with Crippen molar-refractivity contribution in [2.45, 2.75) is 6.42 Å². The SMILES string of the molecule is [NH3+]CCc1c(-c2ccccc2)[nH]c2c(Cl)ccc(Cl)c12. The number of aromatic nitrogens is 1. The number of fused-ring (bicyclic) bond motifs is 1. The molecule has 0 unspecified atom stereocenters. The highest BCUT2D eigenvalue weighted by atomic mass is 35.5. The lowest BCUT2D eigenvalue weighted by Crippen LogP contribution is -2.51. The van der Waals surface area contributed by atoms with E-state index in [2.05, 4.69) is 22.9 Å². The van der Waals surface area contributed by atoms with E-state index in [0.29, 0.717) is 5.02 Å². The molecular weight excluding hydrogens is 291 g/mol. The fourth-order valence-corrected chi connectivity index (χ4v) is 3.05. The summed E-state index contributed by atoms with van der Waals surface area (Å²) in [6.07, 6.45) is 0.865. The van der Waals surface area contributed by atoms with Gasteiger partial charge in [0.2, 0.25) is 0 Å². The first-order valence-electron chi connectivity index (χ1n) is 6.55. The summed E-state index contributed by atoms with van der Waals surface area (Å²) in [7, 11) is 0. The maximum absolute atomic E-state index is 6.37. The molecule has 0 fully saturated rings. The lowest BCUT2D eigenvalue weighted by atomic mass is 10.0. The van der Waals surface area contributed by atoms with Crippen molar-refractivity contribution in [3.63, 3.8) is 0 Å². The van der Waals surface area contributed by atoms with Gasteiger partial charge in [-0.1, -0.05) is 53.5 Å². The van der Waals surface area contributed by atoms with Crippen LogP contribution >= 0.6 is 23.2 Å². The molecule has 0 radical (unpaired) electrons. The van der Waals surface area contributed by atoms with E-state index in [1.165, 1.54) is 5.56 Å². The topological polar surface area (TPSA) is 43.4 Å². The van der Waals surface area contributed by atoms with E-state index in [-0.39, 0.29) is 0 Å². The van der Waals surface area contributed by atoms with Gasteiger partial charge < -0.3 is 10.7 Å². The third-order valence-corrected chi connectivity index (χ3v) is 4.08. The van der Waals surface area contributed by atoms with Crippen LogP contribution in [0.4, 0.5) is 0 Å². The molecule has 3 rings (SSSR count). The molecule has 0 bridgehead atoms. The number of hydrogen-bond acceptors (Lipinski definition) is 0. The molecule has 2 aromatic carbocycles. The van der Waals surface area contributed by atoms with E-state index in [4.69, 9.17) is 23.2 Å². The molecule has 0 spiro atoms. The molecule has 4 heteroatoms. The molecule has 0 amide bonds. The zero-order valence-electron chi connectivity index (χ0n) is 10.9. The Morgan fingerprint density at radius 1 is 0.950 bits per heavy atom. The van der Waals surface area contributed by atoms with Crippen molar-refractivity contribution in [1.82, 2.24) is 4.98 Å². The summed E-state index contributed by atoms with van der Waals surface area (Å²) in [6.45, 7) is 0.815. The van der Waals surface area contributed by atoms with Crippen LogP contribution in [0.15, 0.2) is 42.5 Å². The summed E-state index contributed by atoms with van der Waals surface area (Å²) in [6, 6.07) is 13.9. The zero-order chi connectivity index (χ0) is 14.1. The monoisotopic (exact) mass is 305 g/mol. The third kappa shape index (κ3) is 2.20. The van der Waals surface area contributed by atoms with Crippen molar-refractivity contribution < 1.29 is 5.73 Å². The third-order valence-electron chi connectivity index (χ3n) is 3.45. The summed E-state index contributed by atoms with van der Waals surface area (Å²) < 4.78 is 0. The highest BCUT2D eigenvalue weighted by Gasteiger charge is 2.17. The molecule has 0 aliphatic rings. The minimum atomic E-state index is 0.692. The number of benzene rings is 2. The highest BCUT2D eigenvalue weighted by molar-refractivity contribution is 6.40. The second-order valence-corrected chi connectivity index (χ2v) is 5.54. The number of rotatable bonds is 3. The van der Waals surface area contributed by atoms with Gasteiger partial charge in [0.05, 0.1) is 27.8 Å². The van der Waals surface area contributed by atoms with Crippen molar-refractivity contribution in [3.05, 3.63) is 58.1 Å². The Labute approximate surface area is 127 Å². The Morgan fingerprint density at radius 3 is 2.35 bits per heavy atom. The quantitative estimate of drug-likeness (QED) is 0.736. The number of nitrogens with one attached hydrogen (secondary N) is 1. The van der Waals surface area contributed by atoms with Crippen molar-refractivity contribution in [2.75, 3.05) is 6.54 Å². The Bertz CT molecular complexity index is 748. The average Bonchev–Trinajstić information content (AvgIpc) is 2.85. The largest absolute Gasteiger partial charge is 0.357 e. The van der Waals surface area contributed by atoms with Crippen LogP contribution in [0.2, 0.25) is 10.0 Å². The Hall–Kier alpha value is -1.48. The molecule has 2 nitrogen and oxygen atoms in total. The normalized spacial score (nSPS) is 11.2. The average molecular weight is 306 g/mol. The molecule has 0 saturated carbocycles. The fraction of sp³-hybridized carbons (Fsp3) is 0.125. The maximum Gasteiger partial charge on any atom is 0.0781 e. The van der Waals surface area contributed by atoms with E-state index >= 15 is 0 Å². The van der Waals surface area contributed by atoms with Gasteiger partial charge in [-0.25, -0.2) is 0 Å². The second kappa shape index (κ2) is 5.49. The molecule has 4 N–H and O–H groups in total. The van der Waals surface area contributed by atoms with Gasteiger partial charge in [0, 0.05) is 11.8 Å². The molecule has 0 saturated heterocycles. The van der Waals surface area contributed by atoms with Gasteiger partial charge in [0.1, 0.15) is 0 Å². The van der Waals surface area contributed by atoms with Crippen LogP contribution in [-0.4, -0.2) is 11.5 Å². The Balaban J connectivity index is 2.35. The predicted molar refractivity (Wildman–Crippen MR) is 85.2 cm³/mol. The number of halogens is 2. The summed E-state index contributed by atoms with van der Waals surface area (Å²) in [5, 5.41) is 2.44. The molecule has 0 atom stereocenters. The second-order valence-electron chi connectivity index (χ2n) is 4.73. The van der Waals surface area contributed by atoms with Crippen molar-refractivity contribution in [3.8, 4) is 11.3 Å². The Kier molecular flexibility index (Phi) is 3.70. The van der Waals surface area contributed by atoms with Crippen molar-refractivity contribution in [1.29, 1.82) is 0 Å². The van der Waals surface area contributed by atoms with Crippen molar-refractivity contribution >= 4 is 34.1 Å². The summed E-state index contributed by atoms with van der Waals surface area (Å²) in [5.41, 5.74) is 8.28. The molecular formula is C16H15Cl2N2+. The first-order chi connectivity index (χ1) is 9.72. The van der Waals surface area contributed by atoms with Gasteiger partial charge in [0.25, 0.3) is 0 Å². The standard InChI is InChI=1S/C16H14Cl2N2/c17-12-6-7-13(18)16-14(12)11(8-9-19)15(20-16)10-4-2-1-3-5-10/h1-7,20H,8-9,19H2/p+1. The lowest BCUT2D eigenvalue weighted by Gasteiger charge is -2.03. The lowest BCUT2D eigenvalue weighted by molar-refractivity contribution is -0.366. The predicted octanol–water partition coefficient (Wildman–Crippen LogP) is 3.93. The fourth-order valence-electron chi connectivity index (χ4n) is 2.57. The maximum atomic E-state index is 6.37. The number of quaternary nitrogens is 1. The minimum Gasteiger partial charge on any atom is -0.357 e. The van der Waals surface area contributed by atoms with E-state index in [1.807, 2.05) is 30.3 Å². The summed E-state index contributed by atoms with van der Waals surface area (Å²) >= 11 is 12.7. The first-order valence-corrected chi connectivity index (χ1v) is 7.31. The highest BCUT2D eigenvalue weighted by Crippen LogP contribution is 2.37. The van der Waals surface area contributed by atoms with Gasteiger partial charge in [0.15, 0.2) is 0 Å². The molecule has 1 aromatic heterocycles. The van der Waals surface area contributed by atoms with Crippen molar-refractivity contribution in [2.24, 2.45) is 0 Å². The van der Waals surface area contributed by atoms with E-state index in [0.717, 1.165) is 40.1 Å². The molecule has 102 valence electrons. The zero-order valence-corrected chi connectivity index (χ0v) is 12.4. The Morgan fingerprint density at radius 2 is 1.65 bits per heavy atom. The number of aromatic amines is 1. The molecule has 0 aliphatic carbocycles. The van der Waals surface area contributed by atoms with Crippen LogP contribution in [0.5, 0.6) is 0 Å². The summed E-state index contributed by atoms with van der Waals surface area (Å²) in [5.74, 6) is 0. The van der Waals surface area contributed by atoms with Crippen LogP contribution < -0.4 is 5.73 Å². The van der Waals surface area contributed by atoms with Crippen LogP contribution in [-0.2, 0) is 6.42 Å². The van der Waals surface area contributed by atoms with Crippen LogP contribution in [0.3, 0.4) is 0 Å². The van der Waals surface area contributed by atoms with Gasteiger partial charge >= 0.3 is 0 Å². The van der Waals surface area contributed by atoms with E-state index in [1.54, 1.807) is 0 Å². The van der Waals surface area contributed by atoms with Crippen LogP contribution in [0, 0.1) is 0 Å². The van der Waals surface area contributed by atoms with Crippen LogP contribution in [0.1, 0.15) is 5.56 Å². The minimum absolute atomic E-state index is 0.692. The number of H-pyrrole nitrogens is 1. The van der Waals surface area contributed by atoms with E-state index < -0.39 is 0 Å². The molecule has 3 aromatic rings. The number of hydrogen-bond donors (Lipinski definition) is 2. The van der Waals surface area contributed by atoms with Gasteiger partial charge in [-0.2, -0.15) is 0 Å². The molecule has 20 heavy (non-hydrogen) atoms. The van der Waals surface area contributed by atoms with Gasteiger partial charge in [-0.15, -0.1) is 0 Å². The molecule has 0 aliphatic heterocycles. The van der Waals surface area contributed by atoms with Gasteiger partial charge in [-0.05, 0) is 23.3 Å². The summed E-state index contributed by atoms with van der Waals surface area (Å²) in [4.78, 5) is 3.43. The smallest absolute Gasteiger partial charge is 0.0781 e. The van der Waals surface area contributed by atoms with E-state index in [9.17, 15) is 0 Å². The van der Waals surface area contributed by atoms with Crippen LogP contribution in [0.25, 0.3) is 22.2 Å². The van der Waals surface area contributed by atoms with Gasteiger partial charge in [-0.3, -0.25) is 0 Å². The first kappa shape index (κ1) is 13.5. The molecule has 1 heterocycles.